The fraction of sp³-hybridized carbons (Fsp3) is 0.625. The Morgan fingerprint density at radius 1 is 1.48 bits per heavy atom. The number of hydrogen-bond acceptors (Lipinski definition) is 3. The molecule has 0 spiro atoms. The monoisotopic (exact) mass is 309 g/mol. The molecule has 0 saturated heterocycles. The van der Waals surface area contributed by atoms with Crippen LogP contribution in [0.3, 0.4) is 0 Å². The van der Waals surface area contributed by atoms with Crippen LogP contribution in [0.15, 0.2) is 12.3 Å². The number of carbonyl (C=O) groups is 1. The lowest BCUT2D eigenvalue weighted by molar-refractivity contribution is 0.0933. The molecule has 2 N–H and O–H groups in total. The topological polar surface area (TPSA) is 54.0 Å². The highest BCUT2D eigenvalue weighted by atomic mass is 35.5. The molecule has 0 aromatic carbocycles. The van der Waals surface area contributed by atoms with Gasteiger partial charge in [-0.2, -0.15) is 0 Å². The van der Waals surface area contributed by atoms with Gasteiger partial charge in [0.1, 0.15) is 5.82 Å². The Labute approximate surface area is 131 Å². The number of rotatable bonds is 8. The third kappa shape index (κ3) is 4.88. The lowest BCUT2D eigenvalue weighted by atomic mass is 10.1. The van der Waals surface area contributed by atoms with E-state index < -0.39 is 0 Å². The molecule has 1 heterocycles. The summed E-state index contributed by atoms with van der Waals surface area (Å²) < 4.78 is 0. The predicted molar refractivity (Wildman–Crippen MR) is 86.9 cm³/mol. The second-order valence-electron chi connectivity index (χ2n) is 5.73. The Bertz CT molecular complexity index is 488. The van der Waals surface area contributed by atoms with Crippen LogP contribution >= 0.6 is 11.6 Å². The zero-order chi connectivity index (χ0) is 15.2. The molecular weight excluding hydrogens is 286 g/mol. The lowest BCUT2D eigenvalue weighted by Crippen LogP contribution is -2.35. The Morgan fingerprint density at radius 2 is 2.24 bits per heavy atom. The van der Waals surface area contributed by atoms with Crippen LogP contribution in [0.25, 0.3) is 0 Å². The van der Waals surface area contributed by atoms with Gasteiger partial charge in [-0.05, 0) is 31.2 Å². The highest BCUT2D eigenvalue weighted by Gasteiger charge is 2.26. The SMILES string of the molecule is CCCNc1cc(C(=O)NC(CC)CC2CC2)c(Cl)cn1. The standard InChI is InChI=1S/C16H24ClN3O/c1-3-7-18-15-9-13(14(17)10-19-15)16(21)20-12(4-2)8-11-5-6-11/h9-12H,3-8H2,1-2H3,(H,18,19)(H,20,21). The van der Waals surface area contributed by atoms with Gasteiger partial charge in [0.15, 0.2) is 0 Å². The van der Waals surface area contributed by atoms with Gasteiger partial charge in [0.05, 0.1) is 10.6 Å². The maximum Gasteiger partial charge on any atom is 0.253 e. The average Bonchev–Trinajstić information content (AvgIpc) is 3.29. The average molecular weight is 310 g/mol. The first-order valence-electron chi connectivity index (χ1n) is 7.84. The van der Waals surface area contributed by atoms with E-state index in [4.69, 9.17) is 11.6 Å². The van der Waals surface area contributed by atoms with E-state index in [1.54, 1.807) is 6.07 Å². The first-order valence-corrected chi connectivity index (χ1v) is 8.22. The van der Waals surface area contributed by atoms with Crippen LogP contribution in [-0.4, -0.2) is 23.5 Å². The van der Waals surface area contributed by atoms with Crippen LogP contribution in [0.5, 0.6) is 0 Å². The van der Waals surface area contributed by atoms with Crippen molar-refractivity contribution in [2.45, 2.75) is 52.0 Å². The van der Waals surface area contributed by atoms with Gasteiger partial charge in [-0.15, -0.1) is 0 Å². The van der Waals surface area contributed by atoms with Crippen molar-refractivity contribution in [1.29, 1.82) is 0 Å². The lowest BCUT2D eigenvalue weighted by Gasteiger charge is -2.17. The first kappa shape index (κ1) is 16.1. The molecule has 2 rings (SSSR count). The molecule has 0 aliphatic heterocycles. The number of anilines is 1. The van der Waals surface area contributed by atoms with E-state index in [2.05, 4.69) is 29.5 Å². The minimum absolute atomic E-state index is 0.102. The zero-order valence-corrected chi connectivity index (χ0v) is 13.5. The van der Waals surface area contributed by atoms with Gasteiger partial charge in [-0.25, -0.2) is 4.98 Å². The van der Waals surface area contributed by atoms with E-state index in [0.717, 1.165) is 31.7 Å². The second-order valence-corrected chi connectivity index (χ2v) is 6.14. The van der Waals surface area contributed by atoms with Crippen LogP contribution in [0, 0.1) is 5.92 Å². The molecule has 1 amide bonds. The van der Waals surface area contributed by atoms with Crippen LogP contribution in [0.1, 0.15) is 56.3 Å². The number of carbonyl (C=O) groups excluding carboxylic acids is 1. The summed E-state index contributed by atoms with van der Waals surface area (Å²) in [5, 5.41) is 6.68. The van der Waals surface area contributed by atoms with Gasteiger partial charge in [-0.1, -0.05) is 38.3 Å². The quantitative estimate of drug-likeness (QED) is 0.766. The number of amides is 1. The summed E-state index contributed by atoms with van der Waals surface area (Å²) >= 11 is 6.12. The van der Waals surface area contributed by atoms with Gasteiger partial charge in [0.2, 0.25) is 0 Å². The largest absolute Gasteiger partial charge is 0.370 e. The molecule has 1 atom stereocenters. The van der Waals surface area contributed by atoms with Crippen molar-refractivity contribution >= 4 is 23.3 Å². The van der Waals surface area contributed by atoms with Gasteiger partial charge in [0.25, 0.3) is 5.91 Å². The normalized spacial score (nSPS) is 15.6. The van der Waals surface area contributed by atoms with E-state index in [-0.39, 0.29) is 11.9 Å². The summed E-state index contributed by atoms with van der Waals surface area (Å²) in [5.41, 5.74) is 0.500. The third-order valence-electron chi connectivity index (χ3n) is 3.80. The van der Waals surface area contributed by atoms with E-state index in [0.29, 0.717) is 16.4 Å². The molecule has 1 aromatic heterocycles. The molecular formula is C16H24ClN3O. The number of pyridine rings is 1. The summed E-state index contributed by atoms with van der Waals surface area (Å²) in [5.74, 6) is 1.39. The van der Waals surface area contributed by atoms with E-state index >= 15 is 0 Å². The van der Waals surface area contributed by atoms with Crippen LogP contribution in [-0.2, 0) is 0 Å². The summed E-state index contributed by atoms with van der Waals surface area (Å²) in [6.45, 7) is 5.02. The molecule has 4 nitrogen and oxygen atoms in total. The summed E-state index contributed by atoms with van der Waals surface area (Å²) in [6, 6.07) is 1.97. The molecule has 1 unspecified atom stereocenters. The molecule has 0 radical (unpaired) electrons. The van der Waals surface area contributed by atoms with E-state index in [1.165, 1.54) is 19.0 Å². The van der Waals surface area contributed by atoms with Gasteiger partial charge >= 0.3 is 0 Å². The van der Waals surface area contributed by atoms with Crippen molar-refractivity contribution in [1.82, 2.24) is 10.3 Å². The van der Waals surface area contributed by atoms with Crippen LogP contribution in [0.4, 0.5) is 5.82 Å². The van der Waals surface area contributed by atoms with Crippen molar-refractivity contribution in [2.75, 3.05) is 11.9 Å². The minimum atomic E-state index is -0.102. The first-order chi connectivity index (χ1) is 10.1. The van der Waals surface area contributed by atoms with Crippen molar-refractivity contribution < 1.29 is 4.79 Å². The third-order valence-corrected chi connectivity index (χ3v) is 4.10. The van der Waals surface area contributed by atoms with Crippen molar-refractivity contribution in [2.24, 2.45) is 5.92 Å². The number of nitrogens with zero attached hydrogens (tertiary/aromatic N) is 1. The fourth-order valence-corrected chi connectivity index (χ4v) is 2.50. The number of halogens is 1. The number of nitrogens with one attached hydrogen (secondary N) is 2. The Morgan fingerprint density at radius 3 is 2.86 bits per heavy atom. The number of aromatic nitrogens is 1. The summed E-state index contributed by atoms with van der Waals surface area (Å²) in [4.78, 5) is 16.6. The highest BCUT2D eigenvalue weighted by molar-refractivity contribution is 6.33. The molecule has 0 bridgehead atoms. The van der Waals surface area contributed by atoms with Crippen molar-refractivity contribution in [3.8, 4) is 0 Å². The van der Waals surface area contributed by atoms with E-state index in [9.17, 15) is 4.79 Å². The van der Waals surface area contributed by atoms with Crippen molar-refractivity contribution in [3.63, 3.8) is 0 Å². The maximum absolute atomic E-state index is 12.4. The van der Waals surface area contributed by atoms with Crippen molar-refractivity contribution in [3.05, 3.63) is 22.8 Å². The highest BCUT2D eigenvalue weighted by Crippen LogP contribution is 2.34. The molecule has 1 aliphatic carbocycles. The molecule has 1 aromatic rings. The van der Waals surface area contributed by atoms with Gasteiger partial charge in [-0.3, -0.25) is 4.79 Å². The van der Waals surface area contributed by atoms with Gasteiger partial charge < -0.3 is 10.6 Å². The van der Waals surface area contributed by atoms with Gasteiger partial charge in [0, 0.05) is 18.8 Å². The maximum atomic E-state index is 12.4. The smallest absolute Gasteiger partial charge is 0.253 e. The summed E-state index contributed by atoms with van der Waals surface area (Å²) in [6.07, 6.45) is 7.17. The molecule has 1 saturated carbocycles. The molecule has 5 heteroatoms. The Kier molecular flexibility index (Phi) is 5.85. The zero-order valence-electron chi connectivity index (χ0n) is 12.8. The minimum Gasteiger partial charge on any atom is -0.370 e. The Balaban J connectivity index is 2.02. The molecule has 1 fully saturated rings. The molecule has 116 valence electrons. The number of hydrogen-bond donors (Lipinski definition) is 2. The predicted octanol–water partition coefficient (Wildman–Crippen LogP) is 3.87. The summed E-state index contributed by atoms with van der Waals surface area (Å²) in [7, 11) is 0. The van der Waals surface area contributed by atoms with Crippen LogP contribution in [0.2, 0.25) is 5.02 Å². The fourth-order valence-electron chi connectivity index (χ4n) is 2.31. The van der Waals surface area contributed by atoms with Crippen LogP contribution < -0.4 is 10.6 Å². The molecule has 1 aliphatic rings. The second kappa shape index (κ2) is 7.64. The Hall–Kier alpha value is -1.29. The van der Waals surface area contributed by atoms with E-state index in [1.807, 2.05) is 0 Å². The molecule has 21 heavy (non-hydrogen) atoms.